The molecule has 0 radical (unpaired) electrons. The van der Waals surface area contributed by atoms with Crippen LogP contribution in [0.5, 0.6) is 0 Å². The van der Waals surface area contributed by atoms with E-state index in [1.165, 1.54) is 12.3 Å². The van der Waals surface area contributed by atoms with E-state index in [4.69, 9.17) is 4.74 Å². The van der Waals surface area contributed by atoms with Gasteiger partial charge in [-0.2, -0.15) is 5.10 Å². The smallest absolute Gasteiger partial charge is 0.270 e. The minimum Gasteiger partial charge on any atom is -0.384 e. The molecule has 3 heterocycles. The standard InChI is InChI=1S/C19H21N5O4/c25-17(15-5-6-21-23-15)20-10-19(27)11-24(7-8-28-12-19)18(26)16-9-13-3-1-2-4-14(13)22-16/h1-6,9,22,27H,7-8,10-12H2,(H,20,25)(H,21,23)/t19-/m0/s1. The maximum absolute atomic E-state index is 13.0. The lowest BCUT2D eigenvalue weighted by atomic mass is 10.0. The Morgan fingerprint density at radius 3 is 2.93 bits per heavy atom. The molecular weight excluding hydrogens is 362 g/mol. The van der Waals surface area contributed by atoms with Crippen LogP contribution in [0.2, 0.25) is 0 Å². The lowest BCUT2D eigenvalue weighted by Gasteiger charge is -2.30. The predicted molar refractivity (Wildman–Crippen MR) is 101 cm³/mol. The van der Waals surface area contributed by atoms with Crippen LogP contribution in [0.25, 0.3) is 10.9 Å². The van der Waals surface area contributed by atoms with E-state index < -0.39 is 5.60 Å². The lowest BCUT2D eigenvalue weighted by Crippen LogP contribution is -2.53. The maximum Gasteiger partial charge on any atom is 0.270 e. The summed E-state index contributed by atoms with van der Waals surface area (Å²) in [6.07, 6.45) is 1.47. The Balaban J connectivity index is 1.46. The van der Waals surface area contributed by atoms with Gasteiger partial charge in [-0.25, -0.2) is 0 Å². The van der Waals surface area contributed by atoms with Gasteiger partial charge in [0, 0.05) is 23.6 Å². The number of hydrogen-bond acceptors (Lipinski definition) is 5. The Morgan fingerprint density at radius 1 is 1.29 bits per heavy atom. The molecule has 0 aliphatic carbocycles. The topological polar surface area (TPSA) is 123 Å². The quantitative estimate of drug-likeness (QED) is 0.523. The number of carbonyl (C=O) groups excluding carboxylic acids is 2. The van der Waals surface area contributed by atoms with Crippen molar-refractivity contribution in [3.8, 4) is 0 Å². The lowest BCUT2D eigenvalue weighted by molar-refractivity contribution is -0.0324. The molecule has 0 spiro atoms. The molecule has 0 saturated carbocycles. The summed E-state index contributed by atoms with van der Waals surface area (Å²) in [5, 5.41) is 20.8. The van der Waals surface area contributed by atoms with Gasteiger partial charge in [0.15, 0.2) is 0 Å². The Hall–Kier alpha value is -3.17. The van der Waals surface area contributed by atoms with Gasteiger partial charge in [0.05, 0.1) is 26.3 Å². The van der Waals surface area contributed by atoms with Crippen LogP contribution in [0.4, 0.5) is 0 Å². The average molecular weight is 383 g/mol. The molecule has 1 atom stereocenters. The Labute approximate surface area is 160 Å². The number of H-pyrrole nitrogens is 2. The van der Waals surface area contributed by atoms with Crippen LogP contribution in [0.15, 0.2) is 42.6 Å². The fraction of sp³-hybridized carbons (Fsp3) is 0.316. The number of amides is 2. The van der Waals surface area contributed by atoms with Crippen molar-refractivity contribution in [2.24, 2.45) is 0 Å². The van der Waals surface area contributed by atoms with E-state index >= 15 is 0 Å². The second-order valence-electron chi connectivity index (χ2n) is 6.93. The zero-order valence-electron chi connectivity index (χ0n) is 15.1. The second kappa shape index (κ2) is 7.45. The molecule has 1 aromatic carbocycles. The van der Waals surface area contributed by atoms with E-state index in [-0.39, 0.29) is 31.5 Å². The van der Waals surface area contributed by atoms with Crippen LogP contribution in [-0.4, -0.2) is 75.5 Å². The van der Waals surface area contributed by atoms with E-state index in [0.717, 1.165) is 10.9 Å². The first-order valence-electron chi connectivity index (χ1n) is 8.99. The van der Waals surface area contributed by atoms with Crippen LogP contribution < -0.4 is 5.32 Å². The number of aromatic nitrogens is 3. The largest absolute Gasteiger partial charge is 0.384 e. The van der Waals surface area contributed by atoms with Crippen molar-refractivity contribution in [3.05, 3.63) is 54.0 Å². The molecule has 0 unspecified atom stereocenters. The monoisotopic (exact) mass is 383 g/mol. The highest BCUT2D eigenvalue weighted by Crippen LogP contribution is 2.19. The van der Waals surface area contributed by atoms with Gasteiger partial charge < -0.3 is 25.0 Å². The second-order valence-corrected chi connectivity index (χ2v) is 6.93. The number of benzene rings is 1. The van der Waals surface area contributed by atoms with Crippen molar-refractivity contribution in [2.45, 2.75) is 5.60 Å². The molecule has 2 amide bonds. The molecule has 1 saturated heterocycles. The number of nitrogens with zero attached hydrogens (tertiary/aromatic N) is 2. The fourth-order valence-corrected chi connectivity index (χ4v) is 3.28. The van der Waals surface area contributed by atoms with Gasteiger partial charge in [0.1, 0.15) is 17.0 Å². The van der Waals surface area contributed by atoms with E-state index in [2.05, 4.69) is 20.5 Å². The summed E-state index contributed by atoms with van der Waals surface area (Å²) >= 11 is 0. The fourth-order valence-electron chi connectivity index (χ4n) is 3.28. The first-order chi connectivity index (χ1) is 13.5. The van der Waals surface area contributed by atoms with Crippen molar-refractivity contribution in [1.29, 1.82) is 0 Å². The van der Waals surface area contributed by atoms with Crippen molar-refractivity contribution in [1.82, 2.24) is 25.4 Å². The molecule has 4 rings (SSSR count). The summed E-state index contributed by atoms with van der Waals surface area (Å²) in [5.74, 6) is -0.608. The number of aliphatic hydroxyl groups is 1. The van der Waals surface area contributed by atoms with E-state index in [1.807, 2.05) is 24.3 Å². The highest BCUT2D eigenvalue weighted by Gasteiger charge is 2.35. The van der Waals surface area contributed by atoms with Crippen LogP contribution >= 0.6 is 0 Å². The number of rotatable bonds is 4. The van der Waals surface area contributed by atoms with E-state index in [0.29, 0.717) is 24.5 Å². The minimum atomic E-state index is -1.39. The third kappa shape index (κ3) is 3.75. The molecule has 1 aliphatic heterocycles. The highest BCUT2D eigenvalue weighted by molar-refractivity contribution is 5.98. The molecule has 1 fully saturated rings. The van der Waals surface area contributed by atoms with E-state index in [1.54, 1.807) is 11.0 Å². The molecular formula is C19H21N5O4. The summed E-state index contributed by atoms with van der Waals surface area (Å²) in [5.41, 5.74) is 0.225. The highest BCUT2D eigenvalue weighted by atomic mass is 16.5. The number of nitrogens with one attached hydrogen (secondary N) is 3. The molecule has 28 heavy (non-hydrogen) atoms. The number of fused-ring (bicyclic) bond motifs is 1. The number of ether oxygens (including phenoxy) is 1. The molecule has 4 N–H and O–H groups in total. The number of aromatic amines is 2. The first-order valence-corrected chi connectivity index (χ1v) is 8.99. The normalized spacial score (nSPS) is 20.1. The summed E-state index contributed by atoms with van der Waals surface area (Å²) in [4.78, 5) is 29.7. The van der Waals surface area contributed by atoms with Gasteiger partial charge in [0.2, 0.25) is 0 Å². The molecule has 146 valence electrons. The van der Waals surface area contributed by atoms with Gasteiger partial charge in [-0.15, -0.1) is 0 Å². The molecule has 9 nitrogen and oxygen atoms in total. The molecule has 9 heteroatoms. The zero-order valence-corrected chi connectivity index (χ0v) is 15.1. The summed E-state index contributed by atoms with van der Waals surface area (Å²) in [6, 6.07) is 11.0. The van der Waals surface area contributed by atoms with Gasteiger partial charge in [-0.3, -0.25) is 14.7 Å². The molecule has 2 aromatic heterocycles. The minimum absolute atomic E-state index is 0.0206. The van der Waals surface area contributed by atoms with Crippen LogP contribution in [-0.2, 0) is 4.74 Å². The van der Waals surface area contributed by atoms with Crippen LogP contribution in [0.1, 0.15) is 21.0 Å². The molecule has 3 aromatic rings. The first kappa shape index (κ1) is 18.2. The number of β-amino-alcohol motifs (C(OH)–C–C–N with tert-alkyl or cyclic N) is 1. The Bertz CT molecular complexity index is 950. The third-order valence-corrected chi connectivity index (χ3v) is 4.73. The molecule has 0 bridgehead atoms. The number of para-hydroxylation sites is 1. The van der Waals surface area contributed by atoms with Gasteiger partial charge >= 0.3 is 0 Å². The van der Waals surface area contributed by atoms with Crippen LogP contribution in [0.3, 0.4) is 0 Å². The summed E-state index contributed by atoms with van der Waals surface area (Å²) < 4.78 is 5.48. The SMILES string of the molecule is O=C(NC[C@@]1(O)COCCN(C(=O)c2cc3ccccc3[nH]2)C1)c1ccn[nH]1. The van der Waals surface area contributed by atoms with Crippen molar-refractivity contribution >= 4 is 22.7 Å². The van der Waals surface area contributed by atoms with Crippen molar-refractivity contribution in [3.63, 3.8) is 0 Å². The van der Waals surface area contributed by atoms with E-state index in [9.17, 15) is 14.7 Å². The average Bonchev–Trinajstić information content (AvgIpc) is 3.34. The van der Waals surface area contributed by atoms with Gasteiger partial charge in [0.25, 0.3) is 11.8 Å². The zero-order chi connectivity index (χ0) is 19.6. The number of carbonyl (C=O) groups is 2. The third-order valence-electron chi connectivity index (χ3n) is 4.73. The number of hydrogen-bond donors (Lipinski definition) is 4. The van der Waals surface area contributed by atoms with Crippen LogP contribution in [0, 0.1) is 0 Å². The van der Waals surface area contributed by atoms with Gasteiger partial charge in [-0.1, -0.05) is 18.2 Å². The summed E-state index contributed by atoms with van der Waals surface area (Å²) in [7, 11) is 0. The summed E-state index contributed by atoms with van der Waals surface area (Å²) in [6.45, 7) is 0.673. The molecule has 1 aliphatic rings. The van der Waals surface area contributed by atoms with Gasteiger partial charge in [-0.05, 0) is 18.2 Å². The Morgan fingerprint density at radius 2 is 2.14 bits per heavy atom. The van der Waals surface area contributed by atoms with Crippen molar-refractivity contribution in [2.75, 3.05) is 32.8 Å². The Kier molecular flexibility index (Phi) is 4.84. The van der Waals surface area contributed by atoms with Crippen molar-refractivity contribution < 1.29 is 19.4 Å². The predicted octanol–water partition coefficient (Wildman–Crippen LogP) is 0.524. The maximum atomic E-state index is 13.0.